The molecular weight excluding hydrogens is 262 g/mol. The summed E-state index contributed by atoms with van der Waals surface area (Å²) in [7, 11) is 1.53. The van der Waals surface area contributed by atoms with Crippen LogP contribution in [-0.2, 0) is 6.54 Å². The zero-order valence-electron chi connectivity index (χ0n) is 11.4. The van der Waals surface area contributed by atoms with Crippen LogP contribution in [-0.4, -0.2) is 28.2 Å². The molecule has 0 saturated carbocycles. The van der Waals surface area contributed by atoms with Gasteiger partial charge in [-0.25, -0.2) is 9.78 Å². The number of carboxylic acids is 1. The van der Waals surface area contributed by atoms with Crippen molar-refractivity contribution < 1.29 is 19.1 Å². The van der Waals surface area contributed by atoms with E-state index in [1.807, 2.05) is 0 Å². The zero-order valence-corrected chi connectivity index (χ0v) is 11.4. The van der Waals surface area contributed by atoms with Crippen molar-refractivity contribution >= 4 is 11.8 Å². The van der Waals surface area contributed by atoms with Crippen molar-refractivity contribution in [2.75, 3.05) is 12.4 Å². The lowest BCUT2D eigenvalue weighted by molar-refractivity contribution is 0.0695. The molecule has 0 saturated heterocycles. The van der Waals surface area contributed by atoms with Crippen molar-refractivity contribution in [1.82, 2.24) is 9.97 Å². The smallest absolute Gasteiger partial charge is 0.339 e. The Morgan fingerprint density at radius 2 is 2.15 bits per heavy atom. The molecule has 0 fully saturated rings. The third kappa shape index (κ3) is 3.05. The van der Waals surface area contributed by atoms with Crippen LogP contribution in [0, 0.1) is 13.8 Å². The number of hydrogen-bond donors (Lipinski definition) is 2. The fourth-order valence-corrected chi connectivity index (χ4v) is 1.76. The standard InChI is InChI=1S/C13H15N3O4/c1-7-10(13(17)18)4-9(20-7)6-14-11-5-12(19-3)16-8(2)15-11/h4-5H,6H2,1-3H3,(H,17,18)(H,14,15,16). The molecular formula is C13H15N3O4. The Kier molecular flexibility index (Phi) is 3.88. The summed E-state index contributed by atoms with van der Waals surface area (Å²) in [5.41, 5.74) is 0.165. The van der Waals surface area contributed by atoms with Crippen LogP contribution in [0.5, 0.6) is 5.88 Å². The highest BCUT2D eigenvalue weighted by Gasteiger charge is 2.13. The molecule has 2 rings (SSSR count). The third-order valence-corrected chi connectivity index (χ3v) is 2.67. The van der Waals surface area contributed by atoms with Gasteiger partial charge in [0.2, 0.25) is 5.88 Å². The van der Waals surface area contributed by atoms with E-state index >= 15 is 0 Å². The largest absolute Gasteiger partial charge is 0.481 e. The van der Waals surface area contributed by atoms with Gasteiger partial charge in [0.25, 0.3) is 0 Å². The number of carboxylic acid groups (broad SMARTS) is 1. The number of nitrogens with one attached hydrogen (secondary N) is 1. The van der Waals surface area contributed by atoms with Gasteiger partial charge in [-0.05, 0) is 19.9 Å². The van der Waals surface area contributed by atoms with E-state index in [-0.39, 0.29) is 5.56 Å². The summed E-state index contributed by atoms with van der Waals surface area (Å²) in [4.78, 5) is 19.2. The van der Waals surface area contributed by atoms with Gasteiger partial charge in [0.05, 0.1) is 13.7 Å². The monoisotopic (exact) mass is 277 g/mol. The molecule has 0 aliphatic carbocycles. The molecule has 0 atom stereocenters. The van der Waals surface area contributed by atoms with Crippen LogP contribution in [0.25, 0.3) is 0 Å². The summed E-state index contributed by atoms with van der Waals surface area (Å²) in [6.45, 7) is 3.70. The summed E-state index contributed by atoms with van der Waals surface area (Å²) < 4.78 is 10.4. The average Bonchev–Trinajstić information content (AvgIpc) is 2.77. The second-order valence-electron chi connectivity index (χ2n) is 4.18. The van der Waals surface area contributed by atoms with Crippen LogP contribution < -0.4 is 10.1 Å². The Labute approximate surface area is 115 Å². The average molecular weight is 277 g/mol. The Morgan fingerprint density at radius 1 is 1.40 bits per heavy atom. The van der Waals surface area contributed by atoms with E-state index < -0.39 is 5.97 Å². The second kappa shape index (κ2) is 5.60. The van der Waals surface area contributed by atoms with Crippen molar-refractivity contribution in [3.63, 3.8) is 0 Å². The third-order valence-electron chi connectivity index (χ3n) is 2.67. The lowest BCUT2D eigenvalue weighted by Gasteiger charge is -2.06. The van der Waals surface area contributed by atoms with E-state index in [4.69, 9.17) is 14.3 Å². The first kappa shape index (κ1) is 13.9. The van der Waals surface area contributed by atoms with E-state index in [0.717, 1.165) is 0 Å². The highest BCUT2D eigenvalue weighted by Crippen LogP contribution is 2.17. The number of furan rings is 1. The first-order chi connectivity index (χ1) is 9.49. The predicted octanol–water partition coefficient (Wildman–Crippen LogP) is 2.01. The van der Waals surface area contributed by atoms with Gasteiger partial charge in [0, 0.05) is 6.07 Å². The lowest BCUT2D eigenvalue weighted by Crippen LogP contribution is -2.03. The quantitative estimate of drug-likeness (QED) is 0.862. The van der Waals surface area contributed by atoms with Crippen molar-refractivity contribution in [2.45, 2.75) is 20.4 Å². The molecule has 0 amide bonds. The van der Waals surface area contributed by atoms with E-state index in [9.17, 15) is 4.79 Å². The molecule has 2 heterocycles. The first-order valence-corrected chi connectivity index (χ1v) is 5.95. The molecule has 0 aliphatic heterocycles. The number of carbonyl (C=O) groups is 1. The van der Waals surface area contributed by atoms with Crippen LogP contribution in [0.1, 0.15) is 27.7 Å². The number of aromatic carboxylic acids is 1. The van der Waals surface area contributed by atoms with Gasteiger partial charge in [-0.1, -0.05) is 0 Å². The van der Waals surface area contributed by atoms with E-state index in [1.54, 1.807) is 19.9 Å². The minimum atomic E-state index is -1.00. The summed E-state index contributed by atoms with van der Waals surface area (Å²) in [6, 6.07) is 3.15. The fourth-order valence-electron chi connectivity index (χ4n) is 1.76. The van der Waals surface area contributed by atoms with E-state index in [1.165, 1.54) is 13.2 Å². The molecule has 0 aromatic carbocycles. The minimum absolute atomic E-state index is 0.165. The predicted molar refractivity (Wildman–Crippen MR) is 71.1 cm³/mol. The molecule has 20 heavy (non-hydrogen) atoms. The maximum atomic E-state index is 10.9. The first-order valence-electron chi connectivity index (χ1n) is 5.95. The second-order valence-corrected chi connectivity index (χ2v) is 4.18. The summed E-state index contributed by atoms with van der Waals surface area (Å²) >= 11 is 0. The van der Waals surface area contributed by atoms with Crippen molar-refractivity contribution in [1.29, 1.82) is 0 Å². The molecule has 2 aromatic rings. The topological polar surface area (TPSA) is 97.5 Å². The summed E-state index contributed by atoms with van der Waals surface area (Å²) in [5.74, 6) is 1.52. The van der Waals surface area contributed by atoms with Crippen LogP contribution in [0.15, 0.2) is 16.5 Å². The van der Waals surface area contributed by atoms with E-state index in [0.29, 0.717) is 35.6 Å². The van der Waals surface area contributed by atoms with Gasteiger partial charge in [0.1, 0.15) is 28.7 Å². The fraction of sp³-hybridized carbons (Fsp3) is 0.308. The zero-order chi connectivity index (χ0) is 14.7. The number of nitrogens with zero attached hydrogens (tertiary/aromatic N) is 2. The summed E-state index contributed by atoms with van der Waals surface area (Å²) in [5, 5.41) is 12.0. The van der Waals surface area contributed by atoms with Gasteiger partial charge in [-0.3, -0.25) is 0 Å². The molecule has 7 heteroatoms. The Balaban J connectivity index is 2.10. The van der Waals surface area contributed by atoms with Gasteiger partial charge >= 0.3 is 5.97 Å². The van der Waals surface area contributed by atoms with Crippen molar-refractivity contribution in [2.24, 2.45) is 0 Å². The molecule has 0 radical (unpaired) electrons. The lowest BCUT2D eigenvalue weighted by atomic mass is 10.2. The number of rotatable bonds is 5. The van der Waals surface area contributed by atoms with Gasteiger partial charge in [0.15, 0.2) is 0 Å². The summed E-state index contributed by atoms with van der Waals surface area (Å²) in [6.07, 6.45) is 0. The van der Waals surface area contributed by atoms with Gasteiger partial charge in [-0.2, -0.15) is 4.98 Å². The molecule has 2 N–H and O–H groups in total. The molecule has 0 aliphatic rings. The Hall–Kier alpha value is -2.57. The van der Waals surface area contributed by atoms with E-state index in [2.05, 4.69) is 15.3 Å². The van der Waals surface area contributed by atoms with Crippen LogP contribution in [0.4, 0.5) is 5.82 Å². The van der Waals surface area contributed by atoms with Crippen molar-refractivity contribution in [3.05, 3.63) is 35.0 Å². The number of aromatic nitrogens is 2. The van der Waals surface area contributed by atoms with Gasteiger partial charge in [-0.15, -0.1) is 0 Å². The van der Waals surface area contributed by atoms with Crippen molar-refractivity contribution in [3.8, 4) is 5.88 Å². The number of ether oxygens (including phenoxy) is 1. The molecule has 7 nitrogen and oxygen atoms in total. The SMILES string of the molecule is COc1cc(NCc2cc(C(=O)O)c(C)o2)nc(C)n1. The Bertz CT molecular complexity index is 637. The highest BCUT2D eigenvalue weighted by molar-refractivity contribution is 5.88. The molecule has 0 spiro atoms. The number of aryl methyl sites for hydroxylation is 2. The molecule has 0 unspecified atom stereocenters. The maximum Gasteiger partial charge on any atom is 0.339 e. The normalized spacial score (nSPS) is 10.3. The van der Waals surface area contributed by atoms with Crippen LogP contribution in [0.2, 0.25) is 0 Å². The van der Waals surface area contributed by atoms with Crippen LogP contribution in [0.3, 0.4) is 0 Å². The Morgan fingerprint density at radius 3 is 2.75 bits per heavy atom. The number of methoxy groups -OCH3 is 1. The minimum Gasteiger partial charge on any atom is -0.481 e. The molecule has 0 bridgehead atoms. The maximum absolute atomic E-state index is 10.9. The molecule has 2 aromatic heterocycles. The number of hydrogen-bond acceptors (Lipinski definition) is 6. The highest BCUT2D eigenvalue weighted by atomic mass is 16.5. The number of anilines is 1. The molecule has 106 valence electrons. The van der Waals surface area contributed by atoms with Crippen LogP contribution >= 0.6 is 0 Å². The van der Waals surface area contributed by atoms with Gasteiger partial charge < -0.3 is 19.6 Å².